The summed E-state index contributed by atoms with van der Waals surface area (Å²) in [4.78, 5) is 12.2. The number of halogens is 2. The molecule has 1 aromatic carbocycles. The molecule has 3 N–H and O–H groups in total. The van der Waals surface area contributed by atoms with Crippen LogP contribution >= 0.6 is 39.7 Å². The minimum Gasteiger partial charge on any atom is -0.391 e. The van der Waals surface area contributed by atoms with E-state index in [-0.39, 0.29) is 10.9 Å². The van der Waals surface area contributed by atoms with E-state index in [2.05, 4.69) is 21.2 Å². The average Bonchev–Trinajstić information content (AvgIpc) is 2.15. The van der Waals surface area contributed by atoms with Crippen molar-refractivity contribution in [3.05, 3.63) is 33.3 Å². The van der Waals surface area contributed by atoms with Crippen molar-refractivity contribution in [3.63, 3.8) is 0 Å². The molecule has 0 bridgehead atoms. The Labute approximate surface area is 119 Å². The van der Waals surface area contributed by atoms with E-state index >= 15 is 0 Å². The van der Waals surface area contributed by atoms with Gasteiger partial charge in [-0.3, -0.25) is 4.79 Å². The van der Waals surface area contributed by atoms with Crippen molar-refractivity contribution >= 4 is 50.6 Å². The van der Waals surface area contributed by atoms with Crippen LogP contribution in [0.2, 0.25) is 5.02 Å². The van der Waals surface area contributed by atoms with Crippen LogP contribution < -0.4 is 11.1 Å². The van der Waals surface area contributed by atoms with Crippen LogP contribution in [0.15, 0.2) is 22.7 Å². The molecule has 0 aliphatic rings. The predicted molar refractivity (Wildman–Crippen MR) is 77.5 cm³/mol. The molecule has 0 aliphatic carbocycles. The molecule has 17 heavy (non-hydrogen) atoms. The summed E-state index contributed by atoms with van der Waals surface area (Å²) in [6.45, 7) is 3.49. The number of benzene rings is 1. The summed E-state index contributed by atoms with van der Waals surface area (Å²) in [5.41, 5.74) is 5.30. The van der Waals surface area contributed by atoms with Gasteiger partial charge in [0, 0.05) is 9.50 Å². The van der Waals surface area contributed by atoms with E-state index < -0.39 is 5.54 Å². The fourth-order valence-electron chi connectivity index (χ4n) is 1.09. The van der Waals surface area contributed by atoms with E-state index in [0.29, 0.717) is 15.1 Å². The molecule has 0 aliphatic heterocycles. The van der Waals surface area contributed by atoms with Gasteiger partial charge in [0.25, 0.3) is 5.91 Å². The van der Waals surface area contributed by atoms with Crippen molar-refractivity contribution in [1.29, 1.82) is 0 Å². The summed E-state index contributed by atoms with van der Waals surface area (Å²) < 4.78 is 0.626. The van der Waals surface area contributed by atoms with Crippen molar-refractivity contribution in [2.24, 2.45) is 5.73 Å². The lowest BCUT2D eigenvalue weighted by molar-refractivity contribution is 0.0931. The van der Waals surface area contributed by atoms with Gasteiger partial charge < -0.3 is 11.1 Å². The Morgan fingerprint density at radius 1 is 1.53 bits per heavy atom. The maximum absolute atomic E-state index is 12.0. The van der Waals surface area contributed by atoms with Gasteiger partial charge in [-0.15, -0.1) is 0 Å². The zero-order valence-corrected chi connectivity index (χ0v) is 12.5. The highest BCUT2D eigenvalue weighted by molar-refractivity contribution is 9.10. The SMILES string of the molecule is CC(C)(NC(=O)c1ccc(Cl)cc1Br)C(N)=S. The van der Waals surface area contributed by atoms with Crippen LogP contribution in [0.5, 0.6) is 0 Å². The zero-order valence-electron chi connectivity index (χ0n) is 9.38. The van der Waals surface area contributed by atoms with E-state index in [0.717, 1.165) is 0 Å². The second-order valence-electron chi connectivity index (χ2n) is 4.07. The molecule has 0 aromatic heterocycles. The topological polar surface area (TPSA) is 55.1 Å². The number of thiocarbonyl (C=S) groups is 1. The molecule has 1 aromatic rings. The highest BCUT2D eigenvalue weighted by Gasteiger charge is 2.24. The van der Waals surface area contributed by atoms with Crippen LogP contribution in [0.3, 0.4) is 0 Å². The Hall–Kier alpha value is -0.650. The maximum atomic E-state index is 12.0. The fourth-order valence-corrected chi connectivity index (χ4v) is 2.00. The van der Waals surface area contributed by atoms with Gasteiger partial charge in [-0.25, -0.2) is 0 Å². The van der Waals surface area contributed by atoms with Crippen LogP contribution in [-0.4, -0.2) is 16.4 Å². The molecule has 0 radical (unpaired) electrons. The molecule has 6 heteroatoms. The smallest absolute Gasteiger partial charge is 0.253 e. The van der Waals surface area contributed by atoms with Crippen molar-refractivity contribution in [3.8, 4) is 0 Å². The lowest BCUT2D eigenvalue weighted by Gasteiger charge is -2.25. The van der Waals surface area contributed by atoms with Crippen molar-refractivity contribution < 1.29 is 4.79 Å². The van der Waals surface area contributed by atoms with E-state index in [9.17, 15) is 4.79 Å². The number of hydrogen-bond donors (Lipinski definition) is 2. The van der Waals surface area contributed by atoms with Crippen LogP contribution in [-0.2, 0) is 0 Å². The molecule has 0 saturated heterocycles. The minimum atomic E-state index is -0.731. The molecule has 0 heterocycles. The summed E-state index contributed by atoms with van der Waals surface area (Å²) >= 11 is 14.0. The Bertz CT molecular complexity index is 477. The lowest BCUT2D eigenvalue weighted by Crippen LogP contribution is -2.52. The number of nitrogens with two attached hydrogens (primary N) is 1. The average molecular weight is 336 g/mol. The normalized spacial score (nSPS) is 11.1. The van der Waals surface area contributed by atoms with Gasteiger partial charge >= 0.3 is 0 Å². The monoisotopic (exact) mass is 334 g/mol. The molecule has 3 nitrogen and oxygen atoms in total. The highest BCUT2D eigenvalue weighted by Crippen LogP contribution is 2.22. The molecule has 1 rings (SSSR count). The quantitative estimate of drug-likeness (QED) is 0.835. The molecular formula is C11H12BrClN2OS. The van der Waals surface area contributed by atoms with E-state index in [1.807, 2.05) is 0 Å². The van der Waals surface area contributed by atoms with Gasteiger partial charge in [-0.1, -0.05) is 23.8 Å². The molecule has 0 spiro atoms. The first kappa shape index (κ1) is 14.4. The molecule has 0 atom stereocenters. The molecular weight excluding hydrogens is 324 g/mol. The standard InChI is InChI=1S/C11H12BrClN2OS/c1-11(2,10(14)17)15-9(16)7-4-3-6(13)5-8(7)12/h3-5H,1-2H3,(H2,14,17)(H,15,16). The van der Waals surface area contributed by atoms with Gasteiger partial charge in [0.2, 0.25) is 0 Å². The lowest BCUT2D eigenvalue weighted by atomic mass is 10.1. The number of hydrogen-bond acceptors (Lipinski definition) is 2. The largest absolute Gasteiger partial charge is 0.391 e. The third-order valence-electron chi connectivity index (χ3n) is 2.22. The van der Waals surface area contributed by atoms with Gasteiger partial charge in [-0.05, 0) is 48.0 Å². The highest BCUT2D eigenvalue weighted by atomic mass is 79.9. The summed E-state index contributed by atoms with van der Waals surface area (Å²) in [5.74, 6) is -0.258. The van der Waals surface area contributed by atoms with Crippen molar-refractivity contribution in [1.82, 2.24) is 5.32 Å². The van der Waals surface area contributed by atoms with Crippen LogP contribution in [0.1, 0.15) is 24.2 Å². The van der Waals surface area contributed by atoms with Gasteiger partial charge in [0.05, 0.1) is 16.1 Å². The number of rotatable bonds is 3. The minimum absolute atomic E-state index is 0.232. The Balaban J connectivity index is 2.95. The first-order chi connectivity index (χ1) is 7.74. The Morgan fingerprint density at radius 3 is 2.59 bits per heavy atom. The number of carbonyl (C=O) groups excluding carboxylic acids is 1. The first-order valence-corrected chi connectivity index (χ1v) is 6.39. The zero-order chi connectivity index (χ0) is 13.2. The predicted octanol–water partition coefficient (Wildman–Crippen LogP) is 2.90. The molecule has 0 unspecified atom stereocenters. The van der Waals surface area contributed by atoms with Crippen molar-refractivity contribution in [2.75, 3.05) is 0 Å². The molecule has 1 amide bonds. The molecule has 0 fully saturated rings. The molecule has 92 valence electrons. The fraction of sp³-hybridized carbons (Fsp3) is 0.273. The first-order valence-electron chi connectivity index (χ1n) is 4.81. The van der Waals surface area contributed by atoms with Crippen LogP contribution in [0.25, 0.3) is 0 Å². The maximum Gasteiger partial charge on any atom is 0.253 e. The van der Waals surface area contributed by atoms with Crippen LogP contribution in [0.4, 0.5) is 0 Å². The van der Waals surface area contributed by atoms with Gasteiger partial charge in [-0.2, -0.15) is 0 Å². The summed E-state index contributed by atoms with van der Waals surface area (Å²) in [6, 6.07) is 4.94. The summed E-state index contributed by atoms with van der Waals surface area (Å²) in [7, 11) is 0. The second-order valence-corrected chi connectivity index (χ2v) is 5.80. The summed E-state index contributed by atoms with van der Waals surface area (Å²) in [6.07, 6.45) is 0. The Morgan fingerprint density at radius 2 is 2.12 bits per heavy atom. The number of amides is 1. The number of nitrogens with one attached hydrogen (secondary N) is 1. The summed E-state index contributed by atoms with van der Waals surface area (Å²) in [5, 5.41) is 3.31. The second kappa shape index (κ2) is 5.33. The van der Waals surface area contributed by atoms with Crippen LogP contribution in [0, 0.1) is 0 Å². The van der Waals surface area contributed by atoms with E-state index in [4.69, 9.17) is 29.6 Å². The Kier molecular flexibility index (Phi) is 4.52. The van der Waals surface area contributed by atoms with Gasteiger partial charge in [0.1, 0.15) is 0 Å². The third kappa shape index (κ3) is 3.66. The molecule has 0 saturated carbocycles. The van der Waals surface area contributed by atoms with E-state index in [1.165, 1.54) is 0 Å². The van der Waals surface area contributed by atoms with E-state index in [1.54, 1.807) is 32.0 Å². The third-order valence-corrected chi connectivity index (χ3v) is 3.62. The number of carbonyl (C=O) groups is 1. The van der Waals surface area contributed by atoms with Crippen molar-refractivity contribution in [2.45, 2.75) is 19.4 Å². The van der Waals surface area contributed by atoms with Gasteiger partial charge in [0.15, 0.2) is 0 Å².